The zero-order chi connectivity index (χ0) is 23.8. The van der Waals surface area contributed by atoms with Crippen LogP contribution in [0.25, 0.3) is 0 Å². The Balaban J connectivity index is 1.50. The summed E-state index contributed by atoms with van der Waals surface area (Å²) < 4.78 is 39.0. The maximum absolute atomic E-state index is 13.0. The lowest BCUT2D eigenvalue weighted by Crippen LogP contribution is -2.13. The van der Waals surface area contributed by atoms with Gasteiger partial charge in [-0.25, -0.2) is 0 Å². The van der Waals surface area contributed by atoms with Crippen molar-refractivity contribution in [1.29, 1.82) is 0 Å². The molecule has 0 spiro atoms. The molecular formula is C23H21F3N8. The van der Waals surface area contributed by atoms with Crippen molar-refractivity contribution in [3.05, 3.63) is 95.6 Å². The van der Waals surface area contributed by atoms with E-state index in [0.29, 0.717) is 30.5 Å². The summed E-state index contributed by atoms with van der Waals surface area (Å²) in [6, 6.07) is 14.4. The average Bonchev–Trinajstić information content (AvgIpc) is 2.86. The molecule has 0 bridgehead atoms. The highest BCUT2D eigenvalue weighted by Crippen LogP contribution is 2.29. The molecule has 3 heterocycles. The minimum atomic E-state index is -4.41. The van der Waals surface area contributed by atoms with Crippen LogP contribution in [0.15, 0.2) is 73.2 Å². The number of aromatic nitrogens is 5. The van der Waals surface area contributed by atoms with Gasteiger partial charge in [0.05, 0.1) is 17.8 Å². The van der Waals surface area contributed by atoms with E-state index in [1.165, 1.54) is 6.07 Å². The van der Waals surface area contributed by atoms with Gasteiger partial charge in [-0.1, -0.05) is 18.2 Å². The molecule has 11 heteroatoms. The van der Waals surface area contributed by atoms with E-state index in [2.05, 4.69) is 40.9 Å². The molecule has 0 amide bonds. The van der Waals surface area contributed by atoms with Gasteiger partial charge in [0.2, 0.25) is 17.8 Å². The Labute approximate surface area is 193 Å². The molecule has 3 aromatic heterocycles. The average molecular weight is 466 g/mol. The second-order valence-electron chi connectivity index (χ2n) is 7.24. The second kappa shape index (κ2) is 10.6. The number of rotatable bonds is 9. The first-order valence-electron chi connectivity index (χ1n) is 10.4. The molecule has 0 saturated heterocycles. The van der Waals surface area contributed by atoms with Gasteiger partial charge in [0, 0.05) is 31.7 Å². The molecule has 0 aliphatic rings. The van der Waals surface area contributed by atoms with E-state index in [9.17, 15) is 13.2 Å². The van der Waals surface area contributed by atoms with Crippen LogP contribution in [0.2, 0.25) is 0 Å². The predicted octanol–water partition coefficient (Wildman–Crippen LogP) is 4.52. The van der Waals surface area contributed by atoms with Crippen LogP contribution in [-0.2, 0) is 25.8 Å². The maximum Gasteiger partial charge on any atom is 0.416 e. The molecule has 0 saturated carbocycles. The van der Waals surface area contributed by atoms with Gasteiger partial charge in [0.15, 0.2) is 0 Å². The molecule has 0 fully saturated rings. The zero-order valence-electron chi connectivity index (χ0n) is 17.9. The van der Waals surface area contributed by atoms with E-state index in [1.807, 2.05) is 30.3 Å². The number of anilines is 3. The van der Waals surface area contributed by atoms with Crippen molar-refractivity contribution in [3.8, 4) is 0 Å². The van der Waals surface area contributed by atoms with E-state index in [-0.39, 0.29) is 12.5 Å². The molecule has 8 nitrogen and oxygen atoms in total. The van der Waals surface area contributed by atoms with Crippen LogP contribution in [0.1, 0.15) is 22.4 Å². The van der Waals surface area contributed by atoms with E-state index in [1.54, 1.807) is 24.7 Å². The van der Waals surface area contributed by atoms with Crippen molar-refractivity contribution < 1.29 is 13.2 Å². The minimum Gasteiger partial charge on any atom is -0.350 e. The predicted molar refractivity (Wildman–Crippen MR) is 122 cm³/mol. The van der Waals surface area contributed by atoms with Crippen molar-refractivity contribution in [3.63, 3.8) is 0 Å². The van der Waals surface area contributed by atoms with Crippen LogP contribution < -0.4 is 16.0 Å². The maximum atomic E-state index is 13.0. The smallest absolute Gasteiger partial charge is 0.350 e. The summed E-state index contributed by atoms with van der Waals surface area (Å²) in [6.45, 7) is 0.957. The topological polar surface area (TPSA) is 101 Å². The van der Waals surface area contributed by atoms with Gasteiger partial charge in [0.1, 0.15) is 0 Å². The first-order valence-corrected chi connectivity index (χ1v) is 10.4. The van der Waals surface area contributed by atoms with Crippen molar-refractivity contribution >= 4 is 17.8 Å². The Kier molecular flexibility index (Phi) is 7.11. The van der Waals surface area contributed by atoms with E-state index < -0.39 is 11.7 Å². The van der Waals surface area contributed by atoms with Crippen LogP contribution in [0.5, 0.6) is 0 Å². The summed E-state index contributed by atoms with van der Waals surface area (Å²) in [5.41, 5.74) is 1.52. The first kappa shape index (κ1) is 22.9. The highest BCUT2D eigenvalue weighted by molar-refractivity contribution is 5.43. The molecule has 4 rings (SSSR count). The summed E-state index contributed by atoms with van der Waals surface area (Å²) in [7, 11) is 0. The van der Waals surface area contributed by atoms with Gasteiger partial charge in [-0.3, -0.25) is 9.97 Å². The number of nitrogens with one attached hydrogen (secondary N) is 3. The SMILES string of the molecule is FC(F)(F)c1cccc(CNc2nc(NCc3ccncc3)nc(NCc3ccccn3)n2)c1. The third kappa shape index (κ3) is 6.61. The van der Waals surface area contributed by atoms with Gasteiger partial charge in [-0.15, -0.1) is 0 Å². The van der Waals surface area contributed by atoms with Gasteiger partial charge < -0.3 is 16.0 Å². The van der Waals surface area contributed by atoms with Gasteiger partial charge in [-0.05, 0) is 47.5 Å². The Bertz CT molecular complexity index is 1140. The molecule has 0 aliphatic heterocycles. The summed E-state index contributed by atoms with van der Waals surface area (Å²) in [5, 5.41) is 9.22. The third-order valence-electron chi connectivity index (χ3n) is 4.69. The summed E-state index contributed by atoms with van der Waals surface area (Å²) in [4.78, 5) is 21.3. The van der Waals surface area contributed by atoms with Crippen LogP contribution in [0.4, 0.5) is 31.0 Å². The molecule has 174 valence electrons. The van der Waals surface area contributed by atoms with Gasteiger partial charge in [0.25, 0.3) is 0 Å². The standard InChI is InChI=1S/C23H21F3N8/c24-23(25,26)18-5-3-4-17(12-18)14-30-21-32-20(29-13-16-7-10-27-11-8-16)33-22(34-21)31-15-19-6-1-2-9-28-19/h1-12H,13-15H2,(H3,29,30,31,32,33,34). The molecule has 3 N–H and O–H groups in total. The summed E-state index contributed by atoms with van der Waals surface area (Å²) in [5.74, 6) is 0.819. The summed E-state index contributed by atoms with van der Waals surface area (Å²) in [6.07, 6.45) is 0.655. The fourth-order valence-electron chi connectivity index (χ4n) is 3.01. The fraction of sp³-hybridized carbons (Fsp3) is 0.174. The van der Waals surface area contributed by atoms with Crippen LogP contribution in [-0.4, -0.2) is 24.9 Å². The Morgan fingerprint density at radius 3 is 1.91 bits per heavy atom. The lowest BCUT2D eigenvalue weighted by molar-refractivity contribution is -0.137. The molecule has 4 aromatic rings. The molecule has 0 atom stereocenters. The highest BCUT2D eigenvalue weighted by Gasteiger charge is 2.30. The number of halogens is 3. The second-order valence-corrected chi connectivity index (χ2v) is 7.24. The number of pyridine rings is 2. The normalized spacial score (nSPS) is 11.1. The van der Waals surface area contributed by atoms with Crippen molar-refractivity contribution in [2.45, 2.75) is 25.8 Å². The van der Waals surface area contributed by atoms with Gasteiger partial charge >= 0.3 is 6.18 Å². The fourth-order valence-corrected chi connectivity index (χ4v) is 3.01. The summed E-state index contributed by atoms with van der Waals surface area (Å²) >= 11 is 0. The quantitative estimate of drug-likeness (QED) is 0.331. The van der Waals surface area contributed by atoms with Crippen molar-refractivity contribution in [2.75, 3.05) is 16.0 Å². The number of hydrogen-bond acceptors (Lipinski definition) is 8. The lowest BCUT2D eigenvalue weighted by Gasteiger charge is -2.12. The first-order chi connectivity index (χ1) is 16.5. The van der Waals surface area contributed by atoms with Crippen molar-refractivity contribution in [2.24, 2.45) is 0 Å². The zero-order valence-corrected chi connectivity index (χ0v) is 17.9. The van der Waals surface area contributed by atoms with E-state index >= 15 is 0 Å². The molecule has 0 radical (unpaired) electrons. The monoisotopic (exact) mass is 466 g/mol. The molecule has 0 unspecified atom stereocenters. The Morgan fingerprint density at radius 2 is 1.29 bits per heavy atom. The van der Waals surface area contributed by atoms with Crippen molar-refractivity contribution in [1.82, 2.24) is 24.9 Å². The van der Waals surface area contributed by atoms with Crippen LogP contribution in [0.3, 0.4) is 0 Å². The molecule has 1 aromatic carbocycles. The molecular weight excluding hydrogens is 445 g/mol. The largest absolute Gasteiger partial charge is 0.416 e. The molecule has 0 aliphatic carbocycles. The lowest BCUT2D eigenvalue weighted by atomic mass is 10.1. The van der Waals surface area contributed by atoms with Crippen LogP contribution in [0, 0.1) is 0 Å². The van der Waals surface area contributed by atoms with E-state index in [0.717, 1.165) is 23.4 Å². The number of hydrogen-bond donors (Lipinski definition) is 3. The number of alkyl halides is 3. The van der Waals surface area contributed by atoms with Gasteiger partial charge in [-0.2, -0.15) is 28.1 Å². The van der Waals surface area contributed by atoms with E-state index in [4.69, 9.17) is 0 Å². The number of benzene rings is 1. The number of nitrogens with zero attached hydrogens (tertiary/aromatic N) is 5. The minimum absolute atomic E-state index is 0.109. The third-order valence-corrected chi connectivity index (χ3v) is 4.69. The Hall–Kier alpha value is -4.28. The molecule has 34 heavy (non-hydrogen) atoms. The highest BCUT2D eigenvalue weighted by atomic mass is 19.4. The Morgan fingerprint density at radius 1 is 0.647 bits per heavy atom. The van der Waals surface area contributed by atoms with Crippen LogP contribution >= 0.6 is 0 Å².